The molecule has 0 aliphatic rings. The lowest BCUT2D eigenvalue weighted by molar-refractivity contribution is 0.584. The van der Waals surface area contributed by atoms with E-state index in [1.54, 1.807) is 11.3 Å². The van der Waals surface area contributed by atoms with Crippen LogP contribution in [-0.2, 0) is 0 Å². The molecule has 7 rings (SSSR count). The molecule has 39 heavy (non-hydrogen) atoms. The molecule has 0 aliphatic carbocycles. The summed E-state index contributed by atoms with van der Waals surface area (Å²) in [6, 6.07) is 28.6. The Morgan fingerprint density at radius 2 is 1.41 bits per heavy atom. The molecule has 190 valence electrons. The molecule has 0 radical (unpaired) electrons. The molecule has 0 saturated carbocycles. The van der Waals surface area contributed by atoms with Crippen LogP contribution >= 0.6 is 11.3 Å². The molecule has 0 fully saturated rings. The minimum atomic E-state index is -0.584. The molecule has 2 aromatic heterocycles. The molecule has 0 spiro atoms. The molecule has 0 bridgehead atoms. The van der Waals surface area contributed by atoms with Crippen molar-refractivity contribution in [2.45, 2.75) is 20.8 Å². The fourth-order valence-electron chi connectivity index (χ4n) is 5.93. The summed E-state index contributed by atoms with van der Waals surface area (Å²) in [6.45, 7) is 6.42. The van der Waals surface area contributed by atoms with Crippen LogP contribution in [0.3, 0.4) is 0 Å². The van der Waals surface area contributed by atoms with E-state index in [1.165, 1.54) is 28.8 Å². The first-order valence-electron chi connectivity index (χ1n) is 12.9. The average molecular weight is 531 g/mol. The van der Waals surface area contributed by atoms with Crippen molar-refractivity contribution in [3.8, 4) is 28.2 Å². The zero-order chi connectivity index (χ0) is 26.8. The minimum absolute atomic E-state index is 0.529. The van der Waals surface area contributed by atoms with Crippen molar-refractivity contribution in [2.75, 3.05) is 0 Å². The van der Waals surface area contributed by atoms with Crippen molar-refractivity contribution in [3.05, 3.63) is 119 Å². The van der Waals surface area contributed by atoms with Crippen LogP contribution in [0.1, 0.15) is 16.7 Å². The summed E-state index contributed by atoms with van der Waals surface area (Å²) < 4.78 is 32.8. The molecule has 5 aromatic carbocycles. The summed E-state index contributed by atoms with van der Waals surface area (Å²) >= 11 is 1.68. The van der Waals surface area contributed by atoms with Gasteiger partial charge in [0.25, 0.3) is 0 Å². The minimum Gasteiger partial charge on any atom is -0.292 e. The zero-order valence-electron chi connectivity index (χ0n) is 21.7. The number of para-hydroxylation sites is 2. The predicted molar refractivity (Wildman–Crippen MR) is 159 cm³/mol. The summed E-state index contributed by atoms with van der Waals surface area (Å²) in [5.41, 5.74) is 9.10. The van der Waals surface area contributed by atoms with Gasteiger partial charge in [0.1, 0.15) is 17.5 Å². The van der Waals surface area contributed by atoms with Crippen LogP contribution < -0.4 is 0 Å². The summed E-state index contributed by atoms with van der Waals surface area (Å²) in [4.78, 5) is 5.16. The fraction of sp³-hybridized carbons (Fsp3) is 0.0882. The Morgan fingerprint density at radius 1 is 0.718 bits per heavy atom. The van der Waals surface area contributed by atoms with E-state index < -0.39 is 11.6 Å². The van der Waals surface area contributed by atoms with Gasteiger partial charge in [-0.15, -0.1) is 11.3 Å². The standard InChI is InChI=1S/C34H24F2N2S/c1-19-14-20(2)32(21(3)15-19)38-29-12-5-4-11-28(29)37-34(38)27-10-6-9-26-31-25(8-7-13-30(31)39-33(26)27)22-16-23(35)18-24(36)17-22/h4-18H,1-3H3. The lowest BCUT2D eigenvalue weighted by Gasteiger charge is -2.16. The number of imidazole rings is 1. The number of fused-ring (bicyclic) bond motifs is 4. The van der Waals surface area contributed by atoms with E-state index in [0.717, 1.165) is 59.9 Å². The quantitative estimate of drug-likeness (QED) is 0.222. The van der Waals surface area contributed by atoms with Crippen LogP contribution in [0.25, 0.3) is 59.4 Å². The topological polar surface area (TPSA) is 17.8 Å². The largest absolute Gasteiger partial charge is 0.292 e. The summed E-state index contributed by atoms with van der Waals surface area (Å²) in [5, 5.41) is 2.04. The fourth-order valence-corrected chi connectivity index (χ4v) is 7.17. The number of aryl methyl sites for hydroxylation is 3. The molecule has 0 amide bonds. The maximum Gasteiger partial charge on any atom is 0.147 e. The Morgan fingerprint density at radius 3 is 2.18 bits per heavy atom. The Kier molecular flexibility index (Phi) is 5.39. The molecule has 2 heterocycles. The molecule has 0 atom stereocenters. The third kappa shape index (κ3) is 3.76. The maximum absolute atomic E-state index is 14.2. The second kappa shape index (κ2) is 8.85. The van der Waals surface area contributed by atoms with E-state index in [4.69, 9.17) is 4.98 Å². The van der Waals surface area contributed by atoms with Gasteiger partial charge in [0, 0.05) is 31.8 Å². The Bertz CT molecular complexity index is 2040. The number of halogens is 2. The summed E-state index contributed by atoms with van der Waals surface area (Å²) in [5.74, 6) is -0.290. The smallest absolute Gasteiger partial charge is 0.147 e. The van der Waals surface area contributed by atoms with Gasteiger partial charge < -0.3 is 0 Å². The van der Waals surface area contributed by atoms with E-state index in [9.17, 15) is 8.78 Å². The third-order valence-electron chi connectivity index (χ3n) is 7.36. The predicted octanol–water partition coefficient (Wildman–Crippen LogP) is 9.93. The monoisotopic (exact) mass is 530 g/mol. The molecule has 2 nitrogen and oxygen atoms in total. The van der Waals surface area contributed by atoms with Crippen molar-refractivity contribution >= 4 is 42.5 Å². The van der Waals surface area contributed by atoms with E-state index in [1.807, 2.05) is 30.3 Å². The lowest BCUT2D eigenvalue weighted by atomic mass is 9.98. The SMILES string of the molecule is Cc1cc(C)c(-n2c(-c3cccc4c3sc3cccc(-c5cc(F)cc(F)c5)c34)nc3ccccc32)c(C)c1. The molecular weight excluding hydrogens is 506 g/mol. The normalized spacial score (nSPS) is 11.7. The molecule has 0 saturated heterocycles. The second-order valence-corrected chi connectivity index (χ2v) is 11.2. The van der Waals surface area contributed by atoms with Crippen LogP contribution in [0, 0.1) is 32.4 Å². The van der Waals surface area contributed by atoms with Crippen LogP contribution in [0.5, 0.6) is 0 Å². The molecule has 0 aliphatic heterocycles. The van der Waals surface area contributed by atoms with Crippen molar-refractivity contribution in [1.82, 2.24) is 9.55 Å². The first-order valence-corrected chi connectivity index (χ1v) is 13.7. The second-order valence-electron chi connectivity index (χ2n) is 10.1. The number of aromatic nitrogens is 2. The van der Waals surface area contributed by atoms with Crippen LogP contribution in [0.15, 0.2) is 91.0 Å². The van der Waals surface area contributed by atoms with Gasteiger partial charge in [-0.1, -0.05) is 54.1 Å². The van der Waals surface area contributed by atoms with Gasteiger partial charge in [0.15, 0.2) is 0 Å². The van der Waals surface area contributed by atoms with Crippen molar-refractivity contribution in [1.29, 1.82) is 0 Å². The van der Waals surface area contributed by atoms with Crippen molar-refractivity contribution in [2.24, 2.45) is 0 Å². The molecule has 7 aromatic rings. The zero-order valence-corrected chi connectivity index (χ0v) is 22.5. The number of benzene rings is 5. The van der Waals surface area contributed by atoms with E-state index >= 15 is 0 Å². The highest BCUT2D eigenvalue weighted by atomic mass is 32.1. The maximum atomic E-state index is 14.2. The van der Waals surface area contributed by atoms with Gasteiger partial charge in [-0.25, -0.2) is 13.8 Å². The van der Waals surface area contributed by atoms with Crippen LogP contribution in [0.4, 0.5) is 8.78 Å². The number of hydrogen-bond acceptors (Lipinski definition) is 2. The van der Waals surface area contributed by atoms with E-state index in [-0.39, 0.29) is 0 Å². The van der Waals surface area contributed by atoms with Gasteiger partial charge in [-0.05, 0) is 79.4 Å². The van der Waals surface area contributed by atoms with Gasteiger partial charge in [-0.3, -0.25) is 4.57 Å². The van der Waals surface area contributed by atoms with Gasteiger partial charge in [0.2, 0.25) is 0 Å². The first kappa shape index (κ1) is 23.7. The lowest BCUT2D eigenvalue weighted by Crippen LogP contribution is -2.03. The summed E-state index contributed by atoms with van der Waals surface area (Å²) in [7, 11) is 0. The average Bonchev–Trinajstić information content (AvgIpc) is 3.46. The van der Waals surface area contributed by atoms with Crippen molar-refractivity contribution in [3.63, 3.8) is 0 Å². The number of thiophene rings is 1. The summed E-state index contributed by atoms with van der Waals surface area (Å²) in [6.07, 6.45) is 0. The van der Waals surface area contributed by atoms with Crippen LogP contribution in [-0.4, -0.2) is 9.55 Å². The number of rotatable bonds is 3. The number of nitrogens with zero attached hydrogens (tertiary/aromatic N) is 2. The Hall–Kier alpha value is -4.35. The Labute approximate surface area is 228 Å². The molecule has 5 heteroatoms. The van der Waals surface area contributed by atoms with E-state index in [0.29, 0.717) is 5.56 Å². The first-order chi connectivity index (χ1) is 18.9. The molecule has 0 unspecified atom stereocenters. The highest BCUT2D eigenvalue weighted by Crippen LogP contribution is 2.45. The highest BCUT2D eigenvalue weighted by Gasteiger charge is 2.21. The van der Waals surface area contributed by atoms with Gasteiger partial charge in [0.05, 0.1) is 16.7 Å². The Balaban J connectivity index is 1.56. The van der Waals surface area contributed by atoms with Crippen LogP contribution in [0.2, 0.25) is 0 Å². The van der Waals surface area contributed by atoms with Gasteiger partial charge in [-0.2, -0.15) is 0 Å². The van der Waals surface area contributed by atoms with Crippen molar-refractivity contribution < 1.29 is 8.78 Å². The molecular formula is C34H24F2N2S. The van der Waals surface area contributed by atoms with E-state index in [2.05, 4.69) is 67.8 Å². The number of hydrogen-bond donors (Lipinski definition) is 0. The highest BCUT2D eigenvalue weighted by molar-refractivity contribution is 7.26. The third-order valence-corrected chi connectivity index (χ3v) is 8.56. The van der Waals surface area contributed by atoms with Gasteiger partial charge >= 0.3 is 0 Å². The molecule has 0 N–H and O–H groups in total.